The highest BCUT2D eigenvalue weighted by molar-refractivity contribution is 7.90. The second-order valence-corrected chi connectivity index (χ2v) is 6.67. The zero-order chi connectivity index (χ0) is 14.6. The number of nitrogens with zero attached hydrogens (tertiary/aromatic N) is 1. The molecule has 0 bridgehead atoms. The third-order valence-corrected chi connectivity index (χ3v) is 3.94. The third-order valence-electron chi connectivity index (χ3n) is 2.56. The van der Waals surface area contributed by atoms with Gasteiger partial charge < -0.3 is 0 Å². The van der Waals surface area contributed by atoms with Gasteiger partial charge in [-0.25, -0.2) is 8.42 Å². The summed E-state index contributed by atoms with van der Waals surface area (Å²) in [7, 11) is -3.17. The van der Waals surface area contributed by atoms with E-state index in [1.165, 1.54) is 18.4 Å². The number of anilines is 1. The van der Waals surface area contributed by atoms with E-state index in [1.807, 2.05) is 12.1 Å². The second kappa shape index (κ2) is 6.07. The van der Waals surface area contributed by atoms with E-state index in [9.17, 15) is 8.42 Å². The summed E-state index contributed by atoms with van der Waals surface area (Å²) in [6.45, 7) is 0. The molecule has 1 N–H and O–H groups in total. The monoisotopic (exact) mass is 308 g/mol. The standard InChI is InChI=1S/C14H13ClN2O2S/c1-20(18,19)14-8-6-13(7-9-14)17-16-10-11-2-4-12(15)5-3-11/h2-10,17H,1H3/b16-10+. The number of benzene rings is 2. The summed E-state index contributed by atoms with van der Waals surface area (Å²) in [6.07, 6.45) is 2.83. The molecule has 0 heterocycles. The van der Waals surface area contributed by atoms with Gasteiger partial charge in [-0.2, -0.15) is 5.10 Å². The highest BCUT2D eigenvalue weighted by Crippen LogP contribution is 2.14. The number of halogens is 1. The first-order valence-corrected chi connectivity index (χ1v) is 8.07. The van der Waals surface area contributed by atoms with E-state index in [-0.39, 0.29) is 4.90 Å². The van der Waals surface area contributed by atoms with Crippen LogP contribution in [0.4, 0.5) is 5.69 Å². The van der Waals surface area contributed by atoms with Gasteiger partial charge >= 0.3 is 0 Å². The van der Waals surface area contributed by atoms with E-state index >= 15 is 0 Å². The Morgan fingerprint density at radius 3 is 2.20 bits per heavy atom. The molecule has 0 saturated carbocycles. The Balaban J connectivity index is 2.02. The Bertz CT molecular complexity index is 708. The number of hydrogen-bond acceptors (Lipinski definition) is 4. The van der Waals surface area contributed by atoms with E-state index in [1.54, 1.807) is 30.5 Å². The van der Waals surface area contributed by atoms with Crippen LogP contribution in [0.3, 0.4) is 0 Å². The van der Waals surface area contributed by atoms with Gasteiger partial charge in [0.05, 0.1) is 16.8 Å². The average molecular weight is 309 g/mol. The van der Waals surface area contributed by atoms with Crippen molar-refractivity contribution in [2.45, 2.75) is 4.90 Å². The lowest BCUT2D eigenvalue weighted by Crippen LogP contribution is -1.97. The Labute approximate surface area is 123 Å². The van der Waals surface area contributed by atoms with Crippen LogP contribution >= 0.6 is 11.6 Å². The van der Waals surface area contributed by atoms with Crippen LogP contribution in [0.25, 0.3) is 0 Å². The van der Waals surface area contributed by atoms with Crippen LogP contribution < -0.4 is 5.43 Å². The smallest absolute Gasteiger partial charge is 0.175 e. The zero-order valence-electron chi connectivity index (χ0n) is 10.7. The van der Waals surface area contributed by atoms with Crippen molar-refractivity contribution in [1.29, 1.82) is 0 Å². The first kappa shape index (κ1) is 14.6. The molecule has 104 valence electrons. The van der Waals surface area contributed by atoms with Gasteiger partial charge in [0.1, 0.15) is 0 Å². The van der Waals surface area contributed by atoms with Crippen LogP contribution in [0.5, 0.6) is 0 Å². The van der Waals surface area contributed by atoms with Gasteiger partial charge in [0.15, 0.2) is 9.84 Å². The molecular weight excluding hydrogens is 296 g/mol. The summed E-state index contributed by atoms with van der Waals surface area (Å²) in [6, 6.07) is 13.7. The van der Waals surface area contributed by atoms with Crippen molar-refractivity contribution in [2.75, 3.05) is 11.7 Å². The number of hydrazone groups is 1. The summed E-state index contributed by atoms with van der Waals surface area (Å²) in [5.41, 5.74) is 4.45. The highest BCUT2D eigenvalue weighted by atomic mass is 35.5. The van der Waals surface area contributed by atoms with Crippen LogP contribution in [-0.2, 0) is 9.84 Å². The molecule has 0 aliphatic heterocycles. The van der Waals surface area contributed by atoms with Crippen LogP contribution in [0, 0.1) is 0 Å². The lowest BCUT2D eigenvalue weighted by atomic mass is 10.2. The molecule has 0 spiro atoms. The van der Waals surface area contributed by atoms with Crippen LogP contribution in [0.15, 0.2) is 58.5 Å². The molecule has 0 atom stereocenters. The largest absolute Gasteiger partial charge is 0.279 e. The van der Waals surface area contributed by atoms with Crippen molar-refractivity contribution in [3.05, 3.63) is 59.1 Å². The van der Waals surface area contributed by atoms with Gasteiger partial charge in [-0.1, -0.05) is 23.7 Å². The Kier molecular flexibility index (Phi) is 4.42. The molecule has 0 aromatic heterocycles. The molecule has 2 rings (SSSR count). The fraction of sp³-hybridized carbons (Fsp3) is 0.0714. The van der Waals surface area contributed by atoms with Gasteiger partial charge in [0, 0.05) is 11.3 Å². The first-order chi connectivity index (χ1) is 9.45. The quantitative estimate of drug-likeness (QED) is 0.697. The SMILES string of the molecule is CS(=O)(=O)c1ccc(N/N=C/c2ccc(Cl)cc2)cc1. The summed E-state index contributed by atoms with van der Waals surface area (Å²) >= 11 is 5.78. The van der Waals surface area contributed by atoms with Gasteiger partial charge in [0.2, 0.25) is 0 Å². The molecule has 0 unspecified atom stereocenters. The van der Waals surface area contributed by atoms with Gasteiger partial charge in [-0.15, -0.1) is 0 Å². The highest BCUT2D eigenvalue weighted by Gasteiger charge is 2.05. The molecule has 4 nitrogen and oxygen atoms in total. The minimum Gasteiger partial charge on any atom is -0.279 e. The molecule has 0 aliphatic rings. The normalized spacial score (nSPS) is 11.7. The molecule has 0 aliphatic carbocycles. The molecule has 0 fully saturated rings. The predicted octanol–water partition coefficient (Wildman–Crippen LogP) is 3.19. The van der Waals surface area contributed by atoms with Crippen LogP contribution in [0.1, 0.15) is 5.56 Å². The lowest BCUT2D eigenvalue weighted by molar-refractivity contribution is 0.602. The summed E-state index contributed by atoms with van der Waals surface area (Å²) in [5.74, 6) is 0. The Morgan fingerprint density at radius 2 is 1.65 bits per heavy atom. The van der Waals surface area contributed by atoms with E-state index in [0.29, 0.717) is 10.7 Å². The summed E-state index contributed by atoms with van der Waals surface area (Å²) in [4.78, 5) is 0.282. The van der Waals surface area contributed by atoms with Crippen molar-refractivity contribution >= 4 is 33.3 Å². The van der Waals surface area contributed by atoms with Crippen LogP contribution in [0.2, 0.25) is 5.02 Å². The summed E-state index contributed by atoms with van der Waals surface area (Å²) < 4.78 is 22.6. The first-order valence-electron chi connectivity index (χ1n) is 5.80. The topological polar surface area (TPSA) is 58.5 Å². The molecular formula is C14H13ClN2O2S. The van der Waals surface area contributed by atoms with Crippen molar-refractivity contribution < 1.29 is 8.42 Å². The molecule has 2 aromatic carbocycles. The number of hydrogen-bond donors (Lipinski definition) is 1. The van der Waals surface area contributed by atoms with Crippen molar-refractivity contribution in [2.24, 2.45) is 5.10 Å². The fourth-order valence-corrected chi connectivity index (χ4v) is 2.26. The van der Waals surface area contributed by atoms with E-state index in [4.69, 9.17) is 11.6 Å². The Hall–Kier alpha value is -1.85. The minimum absolute atomic E-state index is 0.282. The second-order valence-electron chi connectivity index (χ2n) is 4.22. The zero-order valence-corrected chi connectivity index (χ0v) is 12.3. The van der Waals surface area contributed by atoms with E-state index in [2.05, 4.69) is 10.5 Å². The van der Waals surface area contributed by atoms with Gasteiger partial charge in [0.25, 0.3) is 0 Å². The number of nitrogens with one attached hydrogen (secondary N) is 1. The lowest BCUT2D eigenvalue weighted by Gasteiger charge is -2.02. The van der Waals surface area contributed by atoms with Crippen molar-refractivity contribution in [3.8, 4) is 0 Å². The van der Waals surface area contributed by atoms with Gasteiger partial charge in [-0.3, -0.25) is 5.43 Å². The van der Waals surface area contributed by atoms with Gasteiger partial charge in [-0.05, 0) is 42.0 Å². The maximum atomic E-state index is 11.3. The predicted molar refractivity (Wildman–Crippen MR) is 82.2 cm³/mol. The summed E-state index contributed by atoms with van der Waals surface area (Å²) in [5, 5.41) is 4.74. The number of sulfone groups is 1. The van der Waals surface area contributed by atoms with Crippen molar-refractivity contribution in [1.82, 2.24) is 0 Å². The fourth-order valence-electron chi connectivity index (χ4n) is 1.51. The maximum Gasteiger partial charge on any atom is 0.175 e. The Morgan fingerprint density at radius 1 is 1.05 bits per heavy atom. The third kappa shape index (κ3) is 4.08. The molecule has 6 heteroatoms. The molecule has 20 heavy (non-hydrogen) atoms. The minimum atomic E-state index is -3.17. The van der Waals surface area contributed by atoms with Crippen LogP contribution in [-0.4, -0.2) is 20.9 Å². The van der Waals surface area contributed by atoms with E-state index in [0.717, 1.165) is 5.56 Å². The molecule has 0 amide bonds. The molecule has 0 radical (unpaired) electrons. The maximum absolute atomic E-state index is 11.3. The molecule has 0 saturated heterocycles. The van der Waals surface area contributed by atoms with Crippen molar-refractivity contribution in [3.63, 3.8) is 0 Å². The number of rotatable bonds is 4. The average Bonchev–Trinajstić information content (AvgIpc) is 2.41. The van der Waals surface area contributed by atoms with E-state index < -0.39 is 9.84 Å². The molecule has 2 aromatic rings.